The van der Waals surface area contributed by atoms with Gasteiger partial charge < -0.3 is 10.5 Å². The maximum Gasteiger partial charge on any atom is 0.340 e. The largest absolute Gasteiger partial charge is 0.465 e. The van der Waals surface area contributed by atoms with E-state index >= 15 is 0 Å². The monoisotopic (exact) mass is 236 g/mol. The second-order valence-electron chi connectivity index (χ2n) is 4.38. The Morgan fingerprint density at radius 3 is 2.65 bits per heavy atom. The molecule has 0 radical (unpaired) electrons. The summed E-state index contributed by atoms with van der Waals surface area (Å²) < 4.78 is 4.76. The molecule has 1 rings (SSSR count). The summed E-state index contributed by atoms with van der Waals surface area (Å²) in [4.78, 5) is 13.8. The normalized spacial score (nSPS) is 10.9. The lowest BCUT2D eigenvalue weighted by atomic mass is 10.0. The van der Waals surface area contributed by atoms with Crippen molar-refractivity contribution in [1.82, 2.24) is 4.90 Å². The van der Waals surface area contributed by atoms with E-state index in [1.165, 1.54) is 7.11 Å². The maximum absolute atomic E-state index is 11.7. The summed E-state index contributed by atoms with van der Waals surface area (Å²) in [5, 5.41) is 0. The smallest absolute Gasteiger partial charge is 0.340 e. The Hall–Kier alpha value is -1.55. The Kier molecular flexibility index (Phi) is 4.52. The molecule has 0 aliphatic rings. The van der Waals surface area contributed by atoms with Gasteiger partial charge in [0.2, 0.25) is 0 Å². The molecule has 0 aromatic heterocycles. The van der Waals surface area contributed by atoms with E-state index < -0.39 is 0 Å². The summed E-state index contributed by atoms with van der Waals surface area (Å²) in [6.07, 6.45) is 0. The standard InChI is InChI=1S/C13H20N2O2/c1-9(2)15(3)8-10-6-5-7-11(14)12(10)13(16)17-4/h5-7,9H,8,14H2,1-4H3. The minimum absolute atomic E-state index is 0.379. The lowest BCUT2D eigenvalue weighted by Crippen LogP contribution is -2.27. The quantitative estimate of drug-likeness (QED) is 0.640. The number of ether oxygens (including phenoxy) is 1. The molecule has 4 heteroatoms. The fraction of sp³-hybridized carbons (Fsp3) is 0.462. The molecule has 94 valence electrons. The molecule has 1 aromatic rings. The van der Waals surface area contributed by atoms with Crippen LogP contribution in [0.15, 0.2) is 18.2 Å². The van der Waals surface area contributed by atoms with Crippen molar-refractivity contribution in [3.63, 3.8) is 0 Å². The highest BCUT2D eigenvalue weighted by molar-refractivity contribution is 5.96. The molecule has 0 aliphatic heterocycles. The number of esters is 1. The van der Waals surface area contributed by atoms with Crippen molar-refractivity contribution in [3.05, 3.63) is 29.3 Å². The second-order valence-corrected chi connectivity index (χ2v) is 4.38. The molecular formula is C13H20N2O2. The first-order chi connectivity index (χ1) is 7.97. The zero-order valence-corrected chi connectivity index (χ0v) is 10.9. The van der Waals surface area contributed by atoms with Crippen molar-refractivity contribution in [2.75, 3.05) is 19.9 Å². The van der Waals surface area contributed by atoms with Gasteiger partial charge in [0.05, 0.1) is 12.7 Å². The van der Waals surface area contributed by atoms with Crippen LogP contribution in [0.2, 0.25) is 0 Å². The molecule has 0 saturated heterocycles. The van der Waals surface area contributed by atoms with E-state index in [0.29, 0.717) is 23.8 Å². The van der Waals surface area contributed by atoms with Crippen LogP contribution in [0.4, 0.5) is 5.69 Å². The molecule has 0 aliphatic carbocycles. The van der Waals surface area contributed by atoms with Crippen molar-refractivity contribution < 1.29 is 9.53 Å². The SMILES string of the molecule is COC(=O)c1c(N)cccc1CN(C)C(C)C. The molecule has 0 atom stereocenters. The molecule has 0 saturated carbocycles. The van der Waals surface area contributed by atoms with Gasteiger partial charge in [-0.1, -0.05) is 12.1 Å². The number of nitrogens with two attached hydrogens (primary N) is 1. The van der Waals surface area contributed by atoms with Gasteiger partial charge in [0.15, 0.2) is 0 Å². The summed E-state index contributed by atoms with van der Waals surface area (Å²) >= 11 is 0. The van der Waals surface area contributed by atoms with E-state index in [9.17, 15) is 4.79 Å². The van der Waals surface area contributed by atoms with Gasteiger partial charge in [-0.05, 0) is 32.5 Å². The molecule has 1 aromatic carbocycles. The molecular weight excluding hydrogens is 216 g/mol. The van der Waals surface area contributed by atoms with Crippen LogP contribution in [0.1, 0.15) is 29.8 Å². The Balaban J connectivity index is 3.07. The van der Waals surface area contributed by atoms with E-state index in [2.05, 4.69) is 18.7 Å². The molecule has 0 heterocycles. The minimum Gasteiger partial charge on any atom is -0.465 e. The molecule has 0 spiro atoms. The Bertz CT molecular complexity index is 402. The van der Waals surface area contributed by atoms with Gasteiger partial charge >= 0.3 is 5.97 Å². The Morgan fingerprint density at radius 1 is 1.47 bits per heavy atom. The number of benzene rings is 1. The first kappa shape index (κ1) is 13.5. The van der Waals surface area contributed by atoms with Crippen molar-refractivity contribution in [2.45, 2.75) is 26.4 Å². The predicted molar refractivity (Wildman–Crippen MR) is 68.8 cm³/mol. The highest BCUT2D eigenvalue weighted by Gasteiger charge is 2.16. The predicted octanol–water partition coefficient (Wildman–Crippen LogP) is 1.90. The molecule has 0 bridgehead atoms. The van der Waals surface area contributed by atoms with E-state index in [-0.39, 0.29) is 5.97 Å². The van der Waals surface area contributed by atoms with Crippen LogP contribution in [-0.2, 0) is 11.3 Å². The van der Waals surface area contributed by atoms with Crippen LogP contribution in [-0.4, -0.2) is 31.1 Å². The third kappa shape index (κ3) is 3.20. The fourth-order valence-corrected chi connectivity index (χ4v) is 1.55. The maximum atomic E-state index is 11.7. The number of nitrogens with zero attached hydrogens (tertiary/aromatic N) is 1. The van der Waals surface area contributed by atoms with Gasteiger partial charge in [-0.2, -0.15) is 0 Å². The molecule has 17 heavy (non-hydrogen) atoms. The molecule has 0 fully saturated rings. The van der Waals surface area contributed by atoms with Gasteiger partial charge in [-0.3, -0.25) is 4.90 Å². The average molecular weight is 236 g/mol. The molecule has 0 unspecified atom stereocenters. The summed E-state index contributed by atoms with van der Waals surface area (Å²) in [6.45, 7) is 4.88. The van der Waals surface area contributed by atoms with Gasteiger partial charge in [0.1, 0.15) is 0 Å². The van der Waals surface area contributed by atoms with Crippen LogP contribution < -0.4 is 5.73 Å². The second kappa shape index (κ2) is 5.68. The summed E-state index contributed by atoms with van der Waals surface area (Å²) in [6, 6.07) is 5.87. The number of anilines is 1. The van der Waals surface area contributed by atoms with Gasteiger partial charge in [0.25, 0.3) is 0 Å². The van der Waals surface area contributed by atoms with Crippen LogP contribution in [0, 0.1) is 0 Å². The molecule has 4 nitrogen and oxygen atoms in total. The van der Waals surface area contributed by atoms with Crippen molar-refractivity contribution in [3.8, 4) is 0 Å². The zero-order chi connectivity index (χ0) is 13.0. The van der Waals surface area contributed by atoms with Crippen molar-refractivity contribution >= 4 is 11.7 Å². The topological polar surface area (TPSA) is 55.6 Å². The van der Waals surface area contributed by atoms with Crippen LogP contribution in [0.25, 0.3) is 0 Å². The summed E-state index contributed by atoms with van der Waals surface area (Å²) in [5.74, 6) is -0.379. The zero-order valence-electron chi connectivity index (χ0n) is 10.9. The lowest BCUT2D eigenvalue weighted by Gasteiger charge is -2.22. The number of hydrogen-bond donors (Lipinski definition) is 1. The van der Waals surface area contributed by atoms with E-state index in [0.717, 1.165) is 5.56 Å². The fourth-order valence-electron chi connectivity index (χ4n) is 1.55. The number of methoxy groups -OCH3 is 1. The van der Waals surface area contributed by atoms with E-state index in [1.807, 2.05) is 19.2 Å². The third-order valence-corrected chi connectivity index (χ3v) is 2.87. The Labute approximate surface area is 102 Å². The number of carbonyl (C=O) groups is 1. The van der Waals surface area contributed by atoms with Crippen LogP contribution >= 0.6 is 0 Å². The van der Waals surface area contributed by atoms with Crippen molar-refractivity contribution in [1.29, 1.82) is 0 Å². The molecule has 0 amide bonds. The summed E-state index contributed by atoms with van der Waals surface area (Å²) in [5.41, 5.74) is 7.67. The first-order valence-electron chi connectivity index (χ1n) is 5.63. The van der Waals surface area contributed by atoms with Gasteiger partial charge in [-0.25, -0.2) is 4.79 Å². The van der Waals surface area contributed by atoms with Crippen molar-refractivity contribution in [2.24, 2.45) is 0 Å². The number of rotatable bonds is 4. The number of carbonyl (C=O) groups excluding carboxylic acids is 1. The van der Waals surface area contributed by atoms with Crippen LogP contribution in [0.3, 0.4) is 0 Å². The summed E-state index contributed by atoms with van der Waals surface area (Å²) in [7, 11) is 3.37. The lowest BCUT2D eigenvalue weighted by molar-refractivity contribution is 0.0599. The van der Waals surface area contributed by atoms with Gasteiger partial charge in [-0.15, -0.1) is 0 Å². The number of hydrogen-bond acceptors (Lipinski definition) is 4. The molecule has 2 N–H and O–H groups in total. The average Bonchev–Trinajstić information content (AvgIpc) is 2.28. The first-order valence-corrected chi connectivity index (χ1v) is 5.63. The third-order valence-electron chi connectivity index (χ3n) is 2.87. The number of nitrogen functional groups attached to an aromatic ring is 1. The minimum atomic E-state index is -0.379. The van der Waals surface area contributed by atoms with Crippen LogP contribution in [0.5, 0.6) is 0 Å². The highest BCUT2D eigenvalue weighted by atomic mass is 16.5. The van der Waals surface area contributed by atoms with E-state index in [4.69, 9.17) is 10.5 Å². The highest BCUT2D eigenvalue weighted by Crippen LogP contribution is 2.20. The van der Waals surface area contributed by atoms with E-state index in [1.54, 1.807) is 6.07 Å². The Morgan fingerprint density at radius 2 is 2.12 bits per heavy atom. The van der Waals surface area contributed by atoms with Gasteiger partial charge in [0, 0.05) is 18.3 Å².